The van der Waals surface area contributed by atoms with E-state index < -0.39 is 0 Å². The van der Waals surface area contributed by atoms with Crippen molar-refractivity contribution in [1.82, 2.24) is 15.2 Å². The van der Waals surface area contributed by atoms with Crippen LogP contribution in [0.15, 0.2) is 23.7 Å². The van der Waals surface area contributed by atoms with Gasteiger partial charge in [-0.25, -0.2) is 4.98 Å². The van der Waals surface area contributed by atoms with E-state index >= 15 is 0 Å². The summed E-state index contributed by atoms with van der Waals surface area (Å²) in [6.07, 6.45) is 11.2. The van der Waals surface area contributed by atoms with Gasteiger partial charge in [0, 0.05) is 49.5 Å². The van der Waals surface area contributed by atoms with Crippen LogP contribution in [0.2, 0.25) is 0 Å². The summed E-state index contributed by atoms with van der Waals surface area (Å²) in [5.41, 5.74) is 0.0310. The summed E-state index contributed by atoms with van der Waals surface area (Å²) in [6.45, 7) is 5.79. The van der Waals surface area contributed by atoms with Crippen molar-refractivity contribution in [2.45, 2.75) is 57.3 Å². The Morgan fingerprint density at radius 2 is 2.50 bits per heavy atom. The lowest BCUT2D eigenvalue weighted by atomic mass is 9.73. The van der Waals surface area contributed by atoms with E-state index in [9.17, 15) is 4.79 Å². The fourth-order valence-electron chi connectivity index (χ4n) is 5.07. The number of allylic oxidation sites excluding steroid dienone is 2. The van der Waals surface area contributed by atoms with Crippen molar-refractivity contribution in [2.75, 3.05) is 19.6 Å². The average molecular weight is 376 g/mol. The third-order valence-electron chi connectivity index (χ3n) is 6.24. The molecule has 0 aliphatic carbocycles. The predicted octanol–water partition coefficient (Wildman–Crippen LogP) is 2.99. The van der Waals surface area contributed by atoms with Crippen molar-refractivity contribution >= 4 is 17.2 Å². The Labute approximate surface area is 159 Å². The topological polar surface area (TPSA) is 54.5 Å². The molecule has 0 unspecified atom stereocenters. The number of unbranched alkanes of at least 4 members (excludes halogenated alkanes) is 1. The Balaban J connectivity index is 1.30. The number of amides is 1. The van der Waals surface area contributed by atoms with Gasteiger partial charge < -0.3 is 10.1 Å². The number of rotatable bonds is 8. The normalized spacial score (nSPS) is 33.2. The molecule has 3 aliphatic rings. The minimum absolute atomic E-state index is 0.0310. The molecule has 3 aliphatic heterocycles. The highest BCUT2D eigenvalue weighted by Crippen LogP contribution is 2.54. The lowest BCUT2D eigenvalue weighted by Crippen LogP contribution is -2.41. The molecule has 0 aromatic carbocycles. The van der Waals surface area contributed by atoms with Crippen LogP contribution in [0.1, 0.15) is 44.0 Å². The number of likely N-dealkylation sites (tertiary alicyclic amines) is 1. The molecular weight excluding hydrogens is 346 g/mol. The van der Waals surface area contributed by atoms with E-state index in [0.29, 0.717) is 24.4 Å². The van der Waals surface area contributed by atoms with Crippen LogP contribution in [-0.2, 0) is 16.1 Å². The molecule has 3 fully saturated rings. The molecule has 1 amide bonds. The monoisotopic (exact) mass is 375 g/mol. The summed E-state index contributed by atoms with van der Waals surface area (Å²) < 4.78 is 6.47. The standard InChI is InChI=1S/C20H29N3O2S/c1-2-3-4-5-6-18(24)22-11-15-16-12-23(13-19-21-9-10-26-19)14-20(16)8-7-17(15)25-20/h2-3,9-10,15-17H,4-8,11-14H2,1H3,(H,22,24)/t15-,16+,17+,20+/m0/s1. The lowest BCUT2D eigenvalue weighted by Gasteiger charge is -2.29. The smallest absolute Gasteiger partial charge is 0.220 e. The number of hydrogen-bond acceptors (Lipinski definition) is 5. The van der Waals surface area contributed by atoms with Gasteiger partial charge >= 0.3 is 0 Å². The van der Waals surface area contributed by atoms with Gasteiger partial charge in [-0.1, -0.05) is 12.2 Å². The first-order valence-corrected chi connectivity index (χ1v) is 10.7. The number of hydrogen-bond donors (Lipinski definition) is 1. The molecular formula is C20H29N3O2S. The number of aromatic nitrogens is 1. The lowest BCUT2D eigenvalue weighted by molar-refractivity contribution is -0.121. The van der Waals surface area contributed by atoms with Crippen molar-refractivity contribution in [3.63, 3.8) is 0 Å². The Hall–Kier alpha value is -1.24. The maximum absolute atomic E-state index is 12.1. The zero-order chi connectivity index (χ0) is 18.0. The van der Waals surface area contributed by atoms with E-state index in [1.165, 1.54) is 11.4 Å². The van der Waals surface area contributed by atoms with E-state index in [1.807, 2.05) is 24.6 Å². The molecule has 1 spiro atoms. The highest BCUT2D eigenvalue weighted by Gasteiger charge is 2.62. The van der Waals surface area contributed by atoms with Gasteiger partial charge in [0.25, 0.3) is 0 Å². The van der Waals surface area contributed by atoms with Crippen LogP contribution in [0.25, 0.3) is 0 Å². The Morgan fingerprint density at radius 3 is 3.31 bits per heavy atom. The molecule has 6 heteroatoms. The van der Waals surface area contributed by atoms with Crippen molar-refractivity contribution in [1.29, 1.82) is 0 Å². The van der Waals surface area contributed by atoms with Crippen molar-refractivity contribution < 1.29 is 9.53 Å². The number of fused-ring (bicyclic) bond motifs is 1. The molecule has 2 bridgehead atoms. The summed E-state index contributed by atoms with van der Waals surface area (Å²) in [5, 5.41) is 6.41. The van der Waals surface area contributed by atoms with Crippen LogP contribution in [0.4, 0.5) is 0 Å². The number of nitrogens with one attached hydrogen (secondary N) is 1. The highest BCUT2D eigenvalue weighted by atomic mass is 32.1. The van der Waals surface area contributed by atoms with E-state index in [1.54, 1.807) is 11.3 Å². The van der Waals surface area contributed by atoms with Crippen LogP contribution in [0, 0.1) is 11.8 Å². The first-order valence-electron chi connectivity index (χ1n) is 9.86. The van der Waals surface area contributed by atoms with Gasteiger partial charge in [-0.2, -0.15) is 0 Å². The maximum Gasteiger partial charge on any atom is 0.220 e. The second-order valence-corrected chi connectivity index (χ2v) is 8.87. The minimum atomic E-state index is 0.0310. The van der Waals surface area contributed by atoms with Gasteiger partial charge in [0.05, 0.1) is 18.2 Å². The zero-order valence-electron chi connectivity index (χ0n) is 15.5. The van der Waals surface area contributed by atoms with Gasteiger partial charge in [0.1, 0.15) is 5.01 Å². The van der Waals surface area contributed by atoms with Gasteiger partial charge in [0.15, 0.2) is 0 Å². The summed E-state index contributed by atoms with van der Waals surface area (Å²) in [5.74, 6) is 1.19. The van der Waals surface area contributed by atoms with Crippen LogP contribution in [0.5, 0.6) is 0 Å². The maximum atomic E-state index is 12.1. The van der Waals surface area contributed by atoms with Crippen molar-refractivity contribution in [2.24, 2.45) is 11.8 Å². The third-order valence-corrected chi connectivity index (χ3v) is 7.01. The fraction of sp³-hybridized carbons (Fsp3) is 0.700. The van der Waals surface area contributed by atoms with Crippen molar-refractivity contribution in [3.8, 4) is 0 Å². The molecule has 5 nitrogen and oxygen atoms in total. The van der Waals surface area contributed by atoms with Crippen LogP contribution >= 0.6 is 11.3 Å². The summed E-state index contributed by atoms with van der Waals surface area (Å²) in [7, 11) is 0. The largest absolute Gasteiger partial charge is 0.370 e. The summed E-state index contributed by atoms with van der Waals surface area (Å²) in [6, 6.07) is 0. The van der Waals surface area contributed by atoms with E-state index in [2.05, 4.69) is 21.3 Å². The molecule has 1 aromatic heterocycles. The van der Waals surface area contributed by atoms with Gasteiger partial charge in [0.2, 0.25) is 5.91 Å². The van der Waals surface area contributed by atoms with E-state index in [-0.39, 0.29) is 11.5 Å². The molecule has 3 saturated heterocycles. The van der Waals surface area contributed by atoms with Crippen LogP contribution < -0.4 is 5.32 Å². The Kier molecular flexibility index (Phi) is 5.43. The second-order valence-electron chi connectivity index (χ2n) is 7.89. The summed E-state index contributed by atoms with van der Waals surface area (Å²) in [4.78, 5) is 19.1. The molecule has 4 heterocycles. The van der Waals surface area contributed by atoms with E-state index in [4.69, 9.17) is 4.74 Å². The van der Waals surface area contributed by atoms with Gasteiger partial charge in [-0.05, 0) is 32.6 Å². The Morgan fingerprint density at radius 1 is 1.58 bits per heavy atom. The second kappa shape index (κ2) is 7.79. The average Bonchev–Trinajstić information content (AvgIpc) is 3.38. The number of thiazole rings is 1. The molecule has 0 saturated carbocycles. The van der Waals surface area contributed by atoms with Crippen LogP contribution in [-0.4, -0.2) is 47.1 Å². The fourth-order valence-corrected chi connectivity index (χ4v) is 5.73. The van der Waals surface area contributed by atoms with Crippen molar-refractivity contribution in [3.05, 3.63) is 28.7 Å². The highest BCUT2D eigenvalue weighted by molar-refractivity contribution is 7.09. The number of carbonyl (C=O) groups excluding carboxylic acids is 1. The first-order chi connectivity index (χ1) is 12.7. The third kappa shape index (κ3) is 3.59. The zero-order valence-corrected chi connectivity index (χ0v) is 16.3. The van der Waals surface area contributed by atoms with E-state index in [0.717, 1.165) is 45.4 Å². The minimum Gasteiger partial charge on any atom is -0.370 e. The molecule has 1 aromatic rings. The first kappa shape index (κ1) is 18.1. The van der Waals surface area contributed by atoms with Crippen LogP contribution in [0.3, 0.4) is 0 Å². The SMILES string of the molecule is CC=CCCCC(=O)NC[C@H]1[C@H]2CN(Cc3nccs3)C[C@]23CC[C@H]1O3. The Bertz CT molecular complexity index is 647. The molecule has 26 heavy (non-hydrogen) atoms. The number of ether oxygens (including phenoxy) is 1. The molecule has 1 N–H and O–H groups in total. The molecule has 0 radical (unpaired) electrons. The van der Waals surface area contributed by atoms with Gasteiger partial charge in [-0.15, -0.1) is 11.3 Å². The number of carbonyl (C=O) groups is 1. The quantitative estimate of drug-likeness (QED) is 0.561. The molecule has 4 rings (SSSR count). The van der Waals surface area contributed by atoms with Gasteiger partial charge in [-0.3, -0.25) is 9.69 Å². The summed E-state index contributed by atoms with van der Waals surface area (Å²) >= 11 is 1.73. The molecule has 4 atom stereocenters. The molecule has 142 valence electrons. The number of nitrogens with zero attached hydrogens (tertiary/aromatic N) is 2. The predicted molar refractivity (Wildman–Crippen MR) is 103 cm³/mol.